The highest BCUT2D eigenvalue weighted by atomic mass is 16.4. The number of amides is 2. The summed E-state index contributed by atoms with van der Waals surface area (Å²) in [5, 5.41) is 20.4. The van der Waals surface area contributed by atoms with Gasteiger partial charge in [0.1, 0.15) is 18.2 Å². The molecular weight excluding hydrogens is 250 g/mol. The van der Waals surface area contributed by atoms with E-state index in [1.54, 1.807) is 20.8 Å². The summed E-state index contributed by atoms with van der Waals surface area (Å²) in [5.41, 5.74) is -0.561. The first kappa shape index (κ1) is 14.9. The highest BCUT2D eigenvalue weighted by molar-refractivity contribution is 5.83. The van der Waals surface area contributed by atoms with Gasteiger partial charge in [0.2, 0.25) is 0 Å². The summed E-state index contributed by atoms with van der Waals surface area (Å²) in [6, 6.07) is -1.46. The van der Waals surface area contributed by atoms with Gasteiger partial charge in [-0.3, -0.25) is 5.10 Å². The maximum atomic E-state index is 11.6. The predicted octanol–water partition coefficient (Wildman–Crippen LogP) is 0.146. The zero-order valence-corrected chi connectivity index (χ0v) is 11.2. The van der Waals surface area contributed by atoms with E-state index >= 15 is 0 Å². The van der Waals surface area contributed by atoms with E-state index in [0.717, 1.165) is 0 Å². The topological polar surface area (TPSA) is 120 Å². The van der Waals surface area contributed by atoms with Crippen molar-refractivity contribution in [1.29, 1.82) is 0 Å². The van der Waals surface area contributed by atoms with Crippen LogP contribution in [0.5, 0.6) is 0 Å². The molecule has 106 valence electrons. The van der Waals surface area contributed by atoms with Gasteiger partial charge in [0.15, 0.2) is 0 Å². The van der Waals surface area contributed by atoms with E-state index in [2.05, 4.69) is 25.8 Å². The molecule has 8 nitrogen and oxygen atoms in total. The third-order valence-corrected chi connectivity index (χ3v) is 2.50. The summed E-state index contributed by atoms with van der Waals surface area (Å²) in [6.07, 6.45) is 1.89. The van der Waals surface area contributed by atoms with Gasteiger partial charge in [-0.2, -0.15) is 5.10 Å². The van der Waals surface area contributed by atoms with Crippen molar-refractivity contribution in [3.8, 4) is 0 Å². The van der Waals surface area contributed by atoms with Crippen molar-refractivity contribution in [2.24, 2.45) is 5.41 Å². The fourth-order valence-electron chi connectivity index (χ4n) is 1.48. The molecule has 1 rings (SSSR count). The van der Waals surface area contributed by atoms with Crippen molar-refractivity contribution >= 4 is 12.0 Å². The van der Waals surface area contributed by atoms with E-state index in [9.17, 15) is 9.59 Å². The fourth-order valence-corrected chi connectivity index (χ4v) is 1.48. The number of aromatic nitrogens is 3. The summed E-state index contributed by atoms with van der Waals surface area (Å²) in [5.74, 6) is -0.399. The molecule has 0 saturated carbocycles. The van der Waals surface area contributed by atoms with Crippen molar-refractivity contribution in [3.05, 3.63) is 12.2 Å². The van der Waals surface area contributed by atoms with Gasteiger partial charge in [-0.25, -0.2) is 14.6 Å². The number of H-pyrrole nitrogens is 1. The van der Waals surface area contributed by atoms with E-state index < -0.39 is 23.5 Å². The normalized spacial score (nSPS) is 12.8. The summed E-state index contributed by atoms with van der Waals surface area (Å²) in [7, 11) is 0. The molecule has 0 unspecified atom stereocenters. The van der Waals surface area contributed by atoms with Gasteiger partial charge in [0.05, 0.1) is 0 Å². The number of aliphatic carboxylic acids is 1. The number of aromatic amines is 1. The molecule has 0 aliphatic heterocycles. The number of urea groups is 1. The van der Waals surface area contributed by atoms with Gasteiger partial charge in [0.25, 0.3) is 0 Å². The van der Waals surface area contributed by atoms with Crippen molar-refractivity contribution in [2.75, 3.05) is 6.54 Å². The van der Waals surface area contributed by atoms with Crippen molar-refractivity contribution in [3.63, 3.8) is 0 Å². The van der Waals surface area contributed by atoms with Crippen LogP contribution in [0.25, 0.3) is 0 Å². The van der Waals surface area contributed by atoms with Gasteiger partial charge >= 0.3 is 12.0 Å². The minimum absolute atomic E-state index is 0.345. The monoisotopic (exact) mass is 269 g/mol. The Labute approximate surface area is 111 Å². The highest BCUT2D eigenvalue weighted by Gasteiger charge is 2.32. The molecule has 0 radical (unpaired) electrons. The van der Waals surface area contributed by atoms with Crippen LogP contribution in [0.4, 0.5) is 4.79 Å². The number of nitrogens with one attached hydrogen (secondary N) is 3. The second-order valence-corrected chi connectivity index (χ2v) is 5.22. The quantitative estimate of drug-likeness (QED) is 0.606. The molecule has 0 bridgehead atoms. The summed E-state index contributed by atoms with van der Waals surface area (Å²) >= 11 is 0. The zero-order valence-electron chi connectivity index (χ0n) is 11.2. The minimum Gasteiger partial charge on any atom is -0.480 e. The first-order valence-corrected chi connectivity index (χ1v) is 5.92. The number of carbonyl (C=O) groups excluding carboxylic acids is 1. The number of hydrogen-bond donors (Lipinski definition) is 4. The molecule has 0 fully saturated rings. The molecule has 8 heteroatoms. The predicted molar refractivity (Wildman–Crippen MR) is 67.5 cm³/mol. The molecule has 0 aromatic carbocycles. The third kappa shape index (κ3) is 4.94. The van der Waals surface area contributed by atoms with Gasteiger partial charge < -0.3 is 15.7 Å². The lowest BCUT2D eigenvalue weighted by Gasteiger charge is -2.27. The fraction of sp³-hybridized carbons (Fsp3) is 0.636. The maximum Gasteiger partial charge on any atom is 0.326 e. The van der Waals surface area contributed by atoms with Crippen molar-refractivity contribution in [1.82, 2.24) is 25.8 Å². The molecule has 0 spiro atoms. The number of hydrogen-bond acceptors (Lipinski definition) is 4. The SMILES string of the molecule is CC(C)(C)[C@H](NC(=O)NCCc1ncn[nH]1)C(=O)O. The third-order valence-electron chi connectivity index (χ3n) is 2.50. The number of nitrogens with zero attached hydrogens (tertiary/aromatic N) is 2. The molecule has 0 aliphatic rings. The average molecular weight is 269 g/mol. The van der Waals surface area contributed by atoms with Crippen LogP contribution >= 0.6 is 0 Å². The lowest BCUT2D eigenvalue weighted by atomic mass is 9.87. The molecular formula is C11H19N5O3. The standard InChI is InChI=1S/C11H19N5O3/c1-11(2,3)8(9(17)18)15-10(19)12-5-4-7-13-6-14-16-7/h6,8H,4-5H2,1-3H3,(H,17,18)(H2,12,15,19)(H,13,14,16)/t8-/m1/s1. The Morgan fingerprint density at radius 3 is 2.63 bits per heavy atom. The maximum absolute atomic E-state index is 11.6. The van der Waals surface area contributed by atoms with Crippen LogP contribution in [0, 0.1) is 5.41 Å². The van der Waals surface area contributed by atoms with Gasteiger partial charge in [-0.05, 0) is 5.41 Å². The van der Waals surface area contributed by atoms with Crippen LogP contribution in [0.15, 0.2) is 6.33 Å². The second-order valence-electron chi connectivity index (χ2n) is 5.22. The number of rotatable bonds is 5. The van der Waals surface area contributed by atoms with E-state index in [-0.39, 0.29) is 0 Å². The average Bonchev–Trinajstić information content (AvgIpc) is 2.77. The van der Waals surface area contributed by atoms with Crippen LogP contribution in [0.2, 0.25) is 0 Å². The van der Waals surface area contributed by atoms with Crippen LogP contribution in [0.1, 0.15) is 26.6 Å². The van der Waals surface area contributed by atoms with Gasteiger partial charge in [-0.1, -0.05) is 20.8 Å². The van der Waals surface area contributed by atoms with Crippen LogP contribution < -0.4 is 10.6 Å². The Kier molecular flexibility index (Phi) is 4.85. The molecule has 19 heavy (non-hydrogen) atoms. The molecule has 2 amide bonds. The summed E-state index contributed by atoms with van der Waals surface area (Å²) in [6.45, 7) is 5.60. The zero-order chi connectivity index (χ0) is 14.5. The summed E-state index contributed by atoms with van der Waals surface area (Å²) < 4.78 is 0. The number of carboxylic acids is 1. The highest BCUT2D eigenvalue weighted by Crippen LogP contribution is 2.19. The first-order valence-electron chi connectivity index (χ1n) is 5.92. The lowest BCUT2D eigenvalue weighted by Crippen LogP contribution is -2.52. The Bertz CT molecular complexity index is 424. The Balaban J connectivity index is 2.39. The Morgan fingerprint density at radius 2 is 2.16 bits per heavy atom. The molecule has 1 aromatic heterocycles. The molecule has 1 atom stereocenters. The van der Waals surface area contributed by atoms with E-state index in [0.29, 0.717) is 18.8 Å². The van der Waals surface area contributed by atoms with E-state index in [1.165, 1.54) is 6.33 Å². The number of carbonyl (C=O) groups is 2. The van der Waals surface area contributed by atoms with Crippen molar-refractivity contribution < 1.29 is 14.7 Å². The molecule has 0 aliphatic carbocycles. The Morgan fingerprint density at radius 1 is 1.47 bits per heavy atom. The molecule has 4 N–H and O–H groups in total. The molecule has 1 aromatic rings. The second kappa shape index (κ2) is 6.17. The lowest BCUT2D eigenvalue weighted by molar-refractivity contribution is -0.141. The summed E-state index contributed by atoms with van der Waals surface area (Å²) in [4.78, 5) is 26.6. The molecule has 1 heterocycles. The van der Waals surface area contributed by atoms with Crippen molar-refractivity contribution in [2.45, 2.75) is 33.2 Å². The smallest absolute Gasteiger partial charge is 0.326 e. The van der Waals surface area contributed by atoms with Crippen LogP contribution in [0.3, 0.4) is 0 Å². The van der Waals surface area contributed by atoms with Gasteiger partial charge in [0, 0.05) is 13.0 Å². The number of carboxylic acid groups (broad SMARTS) is 1. The van der Waals surface area contributed by atoms with Crippen LogP contribution in [-0.4, -0.2) is 44.9 Å². The minimum atomic E-state index is -1.06. The van der Waals surface area contributed by atoms with Crippen LogP contribution in [-0.2, 0) is 11.2 Å². The van der Waals surface area contributed by atoms with Gasteiger partial charge in [-0.15, -0.1) is 0 Å². The Hall–Kier alpha value is -2.12. The van der Waals surface area contributed by atoms with E-state index in [4.69, 9.17) is 5.11 Å². The largest absolute Gasteiger partial charge is 0.480 e. The van der Waals surface area contributed by atoms with E-state index in [1.807, 2.05) is 0 Å². The first-order chi connectivity index (χ1) is 8.80. The molecule has 0 saturated heterocycles.